The molecule has 0 aliphatic rings. The molecule has 7 heteroatoms. The van der Waals surface area contributed by atoms with Crippen molar-refractivity contribution < 1.29 is 9.53 Å². The summed E-state index contributed by atoms with van der Waals surface area (Å²) in [6.45, 7) is 1.51. The van der Waals surface area contributed by atoms with E-state index in [1.165, 1.54) is 12.4 Å². The van der Waals surface area contributed by atoms with Gasteiger partial charge < -0.3 is 15.4 Å². The van der Waals surface area contributed by atoms with E-state index >= 15 is 0 Å². The number of amides is 1. The van der Waals surface area contributed by atoms with Crippen molar-refractivity contribution in [2.24, 2.45) is 0 Å². The first-order chi connectivity index (χ1) is 8.22. The second-order valence-electron chi connectivity index (χ2n) is 3.24. The van der Waals surface area contributed by atoms with Gasteiger partial charge in [-0.2, -0.15) is 0 Å². The molecule has 1 aromatic heterocycles. The van der Waals surface area contributed by atoms with Crippen molar-refractivity contribution in [3.05, 3.63) is 17.4 Å². The quantitative estimate of drug-likeness (QED) is 0.704. The Kier molecular flexibility index (Phi) is 6.27. The third-order valence-corrected chi connectivity index (χ3v) is 2.08. The molecule has 1 aromatic rings. The molecule has 0 aliphatic carbocycles. The summed E-state index contributed by atoms with van der Waals surface area (Å²) in [5, 5.41) is 6.11. The zero-order valence-electron chi connectivity index (χ0n) is 9.57. The number of carbonyl (C=O) groups is 1. The second kappa shape index (κ2) is 7.81. The van der Waals surface area contributed by atoms with Gasteiger partial charge in [0.25, 0.3) is 0 Å². The molecular formula is C10H15ClN4O2. The Balaban J connectivity index is 2.14. The van der Waals surface area contributed by atoms with Crippen molar-refractivity contribution in [1.82, 2.24) is 15.3 Å². The Morgan fingerprint density at radius 3 is 2.76 bits per heavy atom. The Labute approximate surface area is 105 Å². The van der Waals surface area contributed by atoms with Crippen LogP contribution in [0.1, 0.15) is 6.42 Å². The van der Waals surface area contributed by atoms with E-state index in [2.05, 4.69) is 20.6 Å². The van der Waals surface area contributed by atoms with Crippen LogP contribution in [-0.2, 0) is 9.53 Å². The fraction of sp³-hybridized carbons (Fsp3) is 0.500. The third-order valence-electron chi connectivity index (χ3n) is 1.88. The first-order valence-corrected chi connectivity index (χ1v) is 5.57. The highest BCUT2D eigenvalue weighted by atomic mass is 35.5. The minimum atomic E-state index is -0.0384. The highest BCUT2D eigenvalue weighted by Crippen LogP contribution is 2.05. The van der Waals surface area contributed by atoms with E-state index in [1.54, 1.807) is 7.11 Å². The van der Waals surface area contributed by atoms with Gasteiger partial charge in [-0.05, 0) is 0 Å². The van der Waals surface area contributed by atoms with E-state index < -0.39 is 0 Å². The van der Waals surface area contributed by atoms with Crippen LogP contribution in [0.3, 0.4) is 0 Å². The smallest absolute Gasteiger partial charge is 0.222 e. The number of halogens is 1. The van der Waals surface area contributed by atoms with Crippen LogP contribution in [0.4, 0.5) is 5.95 Å². The summed E-state index contributed by atoms with van der Waals surface area (Å²) in [4.78, 5) is 19.2. The summed E-state index contributed by atoms with van der Waals surface area (Å²) >= 11 is 5.64. The van der Waals surface area contributed by atoms with Gasteiger partial charge in [-0.3, -0.25) is 4.79 Å². The van der Waals surface area contributed by atoms with Crippen molar-refractivity contribution >= 4 is 23.5 Å². The van der Waals surface area contributed by atoms with Crippen LogP contribution in [0, 0.1) is 0 Å². The van der Waals surface area contributed by atoms with Crippen LogP contribution < -0.4 is 10.6 Å². The predicted octanol–water partition coefficient (Wildman–Crippen LogP) is 0.695. The molecule has 0 aliphatic heterocycles. The molecule has 0 saturated heterocycles. The largest absolute Gasteiger partial charge is 0.383 e. The number of rotatable bonds is 7. The van der Waals surface area contributed by atoms with Crippen molar-refractivity contribution in [2.75, 3.05) is 32.1 Å². The summed E-state index contributed by atoms with van der Waals surface area (Å²) in [6.07, 6.45) is 3.35. The van der Waals surface area contributed by atoms with Crippen LogP contribution in [0.25, 0.3) is 0 Å². The molecule has 1 rings (SSSR count). The number of hydrogen-bond acceptors (Lipinski definition) is 5. The Bertz CT molecular complexity index is 345. The van der Waals surface area contributed by atoms with Gasteiger partial charge in [0.15, 0.2) is 0 Å². The lowest BCUT2D eigenvalue weighted by atomic mass is 10.4. The fourth-order valence-electron chi connectivity index (χ4n) is 1.07. The summed E-state index contributed by atoms with van der Waals surface area (Å²) in [6, 6.07) is 0. The highest BCUT2D eigenvalue weighted by molar-refractivity contribution is 6.30. The van der Waals surface area contributed by atoms with E-state index in [1.807, 2.05) is 0 Å². The van der Waals surface area contributed by atoms with E-state index in [4.69, 9.17) is 16.3 Å². The number of nitrogens with zero attached hydrogens (tertiary/aromatic N) is 2. The summed E-state index contributed by atoms with van der Waals surface area (Å²) < 4.78 is 4.81. The van der Waals surface area contributed by atoms with Gasteiger partial charge in [0.1, 0.15) is 0 Å². The molecule has 0 radical (unpaired) electrons. The average Bonchev–Trinajstić information content (AvgIpc) is 2.32. The van der Waals surface area contributed by atoms with Crippen LogP contribution in [0.5, 0.6) is 0 Å². The lowest BCUT2D eigenvalue weighted by Gasteiger charge is -2.05. The summed E-state index contributed by atoms with van der Waals surface area (Å²) in [7, 11) is 1.59. The van der Waals surface area contributed by atoms with E-state index in [-0.39, 0.29) is 5.91 Å². The minimum Gasteiger partial charge on any atom is -0.383 e. The van der Waals surface area contributed by atoms with Crippen LogP contribution in [0.15, 0.2) is 12.4 Å². The summed E-state index contributed by atoms with van der Waals surface area (Å²) in [5.41, 5.74) is 0. The summed E-state index contributed by atoms with van der Waals surface area (Å²) in [5.74, 6) is 0.419. The Morgan fingerprint density at radius 1 is 1.41 bits per heavy atom. The molecule has 2 N–H and O–H groups in total. The van der Waals surface area contributed by atoms with Crippen LogP contribution in [-0.4, -0.2) is 42.7 Å². The molecular weight excluding hydrogens is 244 g/mol. The van der Waals surface area contributed by atoms with Crippen molar-refractivity contribution in [2.45, 2.75) is 6.42 Å². The van der Waals surface area contributed by atoms with Gasteiger partial charge in [0, 0.05) is 26.6 Å². The molecule has 0 atom stereocenters. The van der Waals surface area contributed by atoms with Crippen LogP contribution in [0.2, 0.25) is 5.02 Å². The third kappa shape index (κ3) is 6.03. The van der Waals surface area contributed by atoms with Gasteiger partial charge in [0.2, 0.25) is 11.9 Å². The van der Waals surface area contributed by atoms with Crippen molar-refractivity contribution in [1.29, 1.82) is 0 Å². The minimum absolute atomic E-state index is 0.0384. The molecule has 0 unspecified atom stereocenters. The second-order valence-corrected chi connectivity index (χ2v) is 3.68. The van der Waals surface area contributed by atoms with E-state index in [0.717, 1.165) is 0 Å². The van der Waals surface area contributed by atoms with Crippen molar-refractivity contribution in [3.63, 3.8) is 0 Å². The predicted molar refractivity (Wildman–Crippen MR) is 65.0 cm³/mol. The molecule has 6 nitrogen and oxygen atoms in total. The fourth-order valence-corrected chi connectivity index (χ4v) is 1.17. The standard InChI is InChI=1S/C10H15ClN4O2/c1-17-5-4-12-9(16)2-3-13-10-14-6-8(11)7-15-10/h6-7H,2-5H2,1H3,(H,12,16)(H,13,14,15). The lowest BCUT2D eigenvalue weighted by Crippen LogP contribution is -2.28. The lowest BCUT2D eigenvalue weighted by molar-refractivity contribution is -0.121. The number of anilines is 1. The average molecular weight is 259 g/mol. The molecule has 0 bridgehead atoms. The van der Waals surface area contributed by atoms with Crippen LogP contribution >= 0.6 is 11.6 Å². The number of aromatic nitrogens is 2. The van der Waals surface area contributed by atoms with E-state index in [0.29, 0.717) is 37.1 Å². The molecule has 0 fully saturated rings. The van der Waals surface area contributed by atoms with Gasteiger partial charge >= 0.3 is 0 Å². The highest BCUT2D eigenvalue weighted by Gasteiger charge is 2.01. The maximum Gasteiger partial charge on any atom is 0.222 e. The molecule has 1 heterocycles. The maximum atomic E-state index is 11.3. The molecule has 1 amide bonds. The monoisotopic (exact) mass is 258 g/mol. The zero-order chi connectivity index (χ0) is 12.5. The van der Waals surface area contributed by atoms with Crippen molar-refractivity contribution in [3.8, 4) is 0 Å². The molecule has 0 saturated carbocycles. The van der Waals surface area contributed by atoms with Gasteiger partial charge in [-0.1, -0.05) is 11.6 Å². The Morgan fingerprint density at radius 2 is 2.12 bits per heavy atom. The normalized spacial score (nSPS) is 10.0. The number of carbonyl (C=O) groups excluding carboxylic acids is 1. The number of methoxy groups -OCH3 is 1. The molecule has 17 heavy (non-hydrogen) atoms. The SMILES string of the molecule is COCCNC(=O)CCNc1ncc(Cl)cn1. The van der Waals surface area contributed by atoms with E-state index in [9.17, 15) is 4.79 Å². The maximum absolute atomic E-state index is 11.3. The first-order valence-electron chi connectivity index (χ1n) is 5.19. The Hall–Kier alpha value is -1.40. The van der Waals surface area contributed by atoms with Gasteiger partial charge in [-0.15, -0.1) is 0 Å². The first kappa shape index (κ1) is 13.7. The number of ether oxygens (including phenoxy) is 1. The number of hydrogen-bond donors (Lipinski definition) is 2. The molecule has 0 aromatic carbocycles. The van der Waals surface area contributed by atoms with Gasteiger partial charge in [0.05, 0.1) is 24.0 Å². The number of nitrogens with one attached hydrogen (secondary N) is 2. The molecule has 0 spiro atoms. The topological polar surface area (TPSA) is 76.1 Å². The zero-order valence-corrected chi connectivity index (χ0v) is 10.3. The van der Waals surface area contributed by atoms with Gasteiger partial charge in [-0.25, -0.2) is 9.97 Å². The molecule has 94 valence electrons.